The Balaban J connectivity index is 1.80. The van der Waals surface area contributed by atoms with E-state index in [0.717, 1.165) is 0 Å². The van der Waals surface area contributed by atoms with Crippen molar-refractivity contribution in [3.05, 3.63) is 0 Å². The highest BCUT2D eigenvalue weighted by Gasteiger charge is 2.51. The van der Waals surface area contributed by atoms with Gasteiger partial charge in [-0.1, -0.05) is 0 Å². The summed E-state index contributed by atoms with van der Waals surface area (Å²) in [5.74, 6) is 0. The third-order valence-electron chi connectivity index (χ3n) is 7.30. The first kappa shape index (κ1) is 31.9. The minimum absolute atomic E-state index is 0.0723. The molecule has 0 aromatic rings. The molecule has 0 bridgehead atoms. The van der Waals surface area contributed by atoms with Crippen LogP contribution < -0.4 is 39.7 Å². The summed E-state index contributed by atoms with van der Waals surface area (Å²) < 4.78 is 30.0. The molecule has 3 fully saturated rings. The van der Waals surface area contributed by atoms with Gasteiger partial charge in [0.05, 0.1) is 37.5 Å². The molecule has 38 heavy (non-hydrogen) atoms. The normalized spacial score (nSPS) is 46.3. The Morgan fingerprint density at radius 1 is 0.763 bits per heavy atom. The van der Waals surface area contributed by atoms with Crippen LogP contribution in [0.1, 0.15) is 12.8 Å². The molecular weight excluding hydrogens is 506 g/mol. The first-order chi connectivity index (χ1) is 18.1. The minimum Gasteiger partial charge on any atom is -0.394 e. The van der Waals surface area contributed by atoms with Gasteiger partial charge in [-0.2, -0.15) is 0 Å². The summed E-state index contributed by atoms with van der Waals surface area (Å²) in [7, 11) is 0. The summed E-state index contributed by atoms with van der Waals surface area (Å²) in [6.07, 6.45) is -9.62. The zero-order valence-corrected chi connectivity index (χ0v) is 21.5. The number of aliphatic hydroxyl groups is 4. The Morgan fingerprint density at radius 3 is 2.00 bits per heavy atom. The molecule has 0 spiro atoms. The first-order valence-electron chi connectivity index (χ1n) is 13.1. The SMILES string of the molecule is NCCNCCO[C@@H]1[C@@H](O[C@H]2O[C@H](CO)[C@@H](O)[C@H](N)[C@H]2O)[C@H](N)C[C@H](N)[C@H]1O[C@H]1O[C@H](CN)[C@@H](O)C[C@H]1N. The van der Waals surface area contributed by atoms with Crippen molar-refractivity contribution in [1.29, 1.82) is 0 Å². The van der Waals surface area contributed by atoms with Crippen molar-refractivity contribution in [1.82, 2.24) is 5.32 Å². The summed E-state index contributed by atoms with van der Waals surface area (Å²) >= 11 is 0. The van der Waals surface area contributed by atoms with Crippen LogP contribution in [0.5, 0.6) is 0 Å². The quantitative estimate of drug-likeness (QED) is 0.100. The van der Waals surface area contributed by atoms with Gasteiger partial charge in [0.25, 0.3) is 0 Å². The Hall–Kier alpha value is -0.640. The number of hydrogen-bond acceptors (Lipinski definition) is 16. The molecule has 2 heterocycles. The second-order valence-corrected chi connectivity index (χ2v) is 10.2. The summed E-state index contributed by atoms with van der Waals surface area (Å²) in [6.45, 7) is 1.26. The van der Waals surface area contributed by atoms with Crippen molar-refractivity contribution in [3.63, 3.8) is 0 Å². The maximum atomic E-state index is 10.6. The van der Waals surface area contributed by atoms with Crippen LogP contribution in [-0.2, 0) is 23.7 Å². The maximum Gasteiger partial charge on any atom is 0.186 e. The highest BCUT2D eigenvalue weighted by molar-refractivity contribution is 5.02. The van der Waals surface area contributed by atoms with Gasteiger partial charge in [-0.15, -0.1) is 0 Å². The maximum absolute atomic E-state index is 10.6. The van der Waals surface area contributed by atoms with E-state index in [4.69, 9.17) is 58.1 Å². The number of aliphatic hydroxyl groups excluding tert-OH is 4. The van der Waals surface area contributed by atoms with Crippen molar-refractivity contribution in [2.75, 3.05) is 39.4 Å². The minimum atomic E-state index is -1.41. The number of nitrogens with two attached hydrogens (primary N) is 6. The third-order valence-corrected chi connectivity index (χ3v) is 7.30. The van der Waals surface area contributed by atoms with Crippen LogP contribution in [0.3, 0.4) is 0 Å². The summed E-state index contributed by atoms with van der Waals surface area (Å²) in [4.78, 5) is 0. The zero-order valence-electron chi connectivity index (χ0n) is 21.5. The van der Waals surface area contributed by atoms with E-state index in [1.54, 1.807) is 0 Å². The zero-order chi connectivity index (χ0) is 28.0. The summed E-state index contributed by atoms with van der Waals surface area (Å²) in [5.41, 5.74) is 36.3. The lowest BCUT2D eigenvalue weighted by Gasteiger charge is -2.49. The van der Waals surface area contributed by atoms with Crippen molar-refractivity contribution in [3.8, 4) is 0 Å². The Labute approximate surface area is 222 Å². The van der Waals surface area contributed by atoms with Gasteiger partial charge in [-0.25, -0.2) is 0 Å². The second kappa shape index (κ2) is 14.8. The number of ether oxygens (including phenoxy) is 5. The summed E-state index contributed by atoms with van der Waals surface area (Å²) in [5, 5.41) is 43.7. The monoisotopic (exact) mass is 553 g/mol. The van der Waals surface area contributed by atoms with Gasteiger partial charge in [0, 0.05) is 38.3 Å². The van der Waals surface area contributed by atoms with E-state index in [1.807, 2.05) is 0 Å². The first-order valence-corrected chi connectivity index (χ1v) is 13.1. The second-order valence-electron chi connectivity index (χ2n) is 10.2. The molecule has 17 N–H and O–H groups in total. The molecular formula is C22H47N7O9. The Kier molecular flexibility index (Phi) is 12.4. The van der Waals surface area contributed by atoms with E-state index < -0.39 is 92.2 Å². The van der Waals surface area contributed by atoms with Crippen LogP contribution in [-0.4, -0.2) is 145 Å². The highest BCUT2D eigenvalue weighted by atomic mass is 16.7. The number of hydrogen-bond donors (Lipinski definition) is 11. The molecule has 16 heteroatoms. The predicted octanol–water partition coefficient (Wildman–Crippen LogP) is -6.72. The lowest BCUT2D eigenvalue weighted by atomic mass is 9.84. The van der Waals surface area contributed by atoms with E-state index in [2.05, 4.69) is 5.32 Å². The number of rotatable bonds is 12. The lowest BCUT2D eigenvalue weighted by Crippen LogP contribution is -2.68. The molecule has 0 aromatic heterocycles. The highest BCUT2D eigenvalue weighted by Crippen LogP contribution is 2.32. The van der Waals surface area contributed by atoms with E-state index in [0.29, 0.717) is 19.6 Å². The van der Waals surface area contributed by atoms with Crippen LogP contribution in [0.4, 0.5) is 0 Å². The lowest BCUT2D eigenvalue weighted by molar-refractivity contribution is -0.318. The van der Waals surface area contributed by atoms with Gasteiger partial charge >= 0.3 is 0 Å². The van der Waals surface area contributed by atoms with Crippen molar-refractivity contribution in [2.24, 2.45) is 34.4 Å². The smallest absolute Gasteiger partial charge is 0.186 e. The predicted molar refractivity (Wildman–Crippen MR) is 134 cm³/mol. The molecule has 1 aliphatic carbocycles. The molecule has 0 aromatic carbocycles. The van der Waals surface area contributed by atoms with Gasteiger partial charge in [0.2, 0.25) is 0 Å². The third kappa shape index (κ3) is 7.55. The molecule has 3 rings (SSSR count). The standard InChI is InChI=1S/C22H47N7O9/c23-1-2-29-3-4-34-20-18(37-21-11(27)6-12(31)13(7-24)35-21)9(25)5-10(26)19(20)38-22-17(33)15(28)16(32)14(8-30)36-22/h9-22,29-33H,1-8,23-28H2/t9-,10+,11+,12-,13+,14+,15-,16+,17+,18+,19-,20-,21+,22+/m0/s1. The van der Waals surface area contributed by atoms with Crippen LogP contribution in [0, 0.1) is 0 Å². The van der Waals surface area contributed by atoms with Crippen LogP contribution in [0.15, 0.2) is 0 Å². The van der Waals surface area contributed by atoms with Crippen molar-refractivity contribution in [2.45, 2.75) is 98.4 Å². The molecule has 224 valence electrons. The molecule has 2 saturated heterocycles. The molecule has 2 aliphatic heterocycles. The average molecular weight is 554 g/mol. The van der Waals surface area contributed by atoms with E-state index >= 15 is 0 Å². The molecule has 3 aliphatic rings. The average Bonchev–Trinajstić information content (AvgIpc) is 2.88. The Morgan fingerprint density at radius 2 is 1.39 bits per heavy atom. The molecule has 0 radical (unpaired) electrons. The molecule has 1 saturated carbocycles. The van der Waals surface area contributed by atoms with E-state index in [1.165, 1.54) is 0 Å². The number of nitrogens with one attached hydrogen (secondary N) is 1. The van der Waals surface area contributed by atoms with E-state index in [-0.39, 0.29) is 26.0 Å². The largest absolute Gasteiger partial charge is 0.394 e. The van der Waals surface area contributed by atoms with Crippen molar-refractivity contribution >= 4 is 0 Å². The fourth-order valence-corrected chi connectivity index (χ4v) is 5.09. The van der Waals surface area contributed by atoms with E-state index in [9.17, 15) is 20.4 Å². The topological polar surface area (TPSA) is 295 Å². The van der Waals surface area contributed by atoms with Gasteiger partial charge in [0.1, 0.15) is 36.6 Å². The van der Waals surface area contributed by atoms with Crippen LogP contribution in [0.2, 0.25) is 0 Å². The van der Waals surface area contributed by atoms with Gasteiger partial charge in [-0.05, 0) is 12.8 Å². The molecule has 16 nitrogen and oxygen atoms in total. The van der Waals surface area contributed by atoms with Gasteiger partial charge in [0.15, 0.2) is 12.6 Å². The molecule has 0 amide bonds. The van der Waals surface area contributed by atoms with Crippen molar-refractivity contribution < 1.29 is 44.1 Å². The fraction of sp³-hybridized carbons (Fsp3) is 1.00. The fourth-order valence-electron chi connectivity index (χ4n) is 5.09. The van der Waals surface area contributed by atoms with Crippen LogP contribution >= 0.6 is 0 Å². The Bertz CT molecular complexity index is 702. The van der Waals surface area contributed by atoms with Gasteiger partial charge in [-0.3, -0.25) is 0 Å². The van der Waals surface area contributed by atoms with Gasteiger partial charge < -0.3 is 83.8 Å². The molecule has 0 unspecified atom stereocenters. The molecule has 14 atom stereocenters. The summed E-state index contributed by atoms with van der Waals surface area (Å²) in [6, 6.07) is -3.04. The van der Waals surface area contributed by atoms with Crippen LogP contribution in [0.25, 0.3) is 0 Å².